The molecule has 0 spiro atoms. The Bertz CT molecular complexity index is 548. The Balaban J connectivity index is 0.00000576. The van der Waals surface area contributed by atoms with Crippen LogP contribution in [0.3, 0.4) is 0 Å². The molecule has 0 saturated carbocycles. The molecular weight excluding hydrogens is 467 g/mol. The highest BCUT2D eigenvalue weighted by Gasteiger charge is 2.30. The van der Waals surface area contributed by atoms with Crippen LogP contribution in [-0.4, -0.2) is 38.9 Å². The maximum atomic E-state index is 12.5. The third kappa shape index (κ3) is 10.2. The zero-order chi connectivity index (χ0) is 18.2. The largest absolute Gasteiger partial charge is 0.492 e. The molecule has 0 amide bonds. The predicted octanol–water partition coefficient (Wildman–Crippen LogP) is 3.82. The molecule has 11 heteroatoms. The highest BCUT2D eigenvalue weighted by molar-refractivity contribution is 14.0. The number of halogens is 7. The van der Waals surface area contributed by atoms with Gasteiger partial charge in [-0.05, 0) is 18.2 Å². The van der Waals surface area contributed by atoms with Gasteiger partial charge in [0.1, 0.15) is 12.4 Å². The molecule has 0 aromatic heterocycles. The van der Waals surface area contributed by atoms with E-state index in [1.165, 1.54) is 19.2 Å². The first kappa shape index (κ1) is 23.6. The van der Waals surface area contributed by atoms with Crippen LogP contribution >= 0.6 is 24.0 Å². The number of hydrogen-bond acceptors (Lipinski definition) is 2. The third-order valence-corrected chi connectivity index (χ3v) is 2.75. The molecule has 1 aromatic rings. The quantitative estimate of drug-likeness (QED) is 0.212. The molecule has 0 bridgehead atoms. The topological polar surface area (TPSA) is 45.7 Å². The van der Waals surface area contributed by atoms with Crippen LogP contribution in [0.1, 0.15) is 12.0 Å². The zero-order valence-electron chi connectivity index (χ0n) is 13.2. The van der Waals surface area contributed by atoms with E-state index in [0.717, 1.165) is 12.1 Å². The molecule has 0 atom stereocenters. The minimum Gasteiger partial charge on any atom is -0.492 e. The monoisotopic (exact) mass is 485 g/mol. The first-order valence-corrected chi connectivity index (χ1v) is 6.93. The van der Waals surface area contributed by atoms with E-state index in [1.54, 1.807) is 0 Å². The number of aliphatic imine (C=N–C) groups is 1. The van der Waals surface area contributed by atoms with Crippen molar-refractivity contribution in [3.05, 3.63) is 29.8 Å². The van der Waals surface area contributed by atoms with Crippen molar-refractivity contribution < 1.29 is 31.1 Å². The van der Waals surface area contributed by atoms with E-state index in [-0.39, 0.29) is 55.4 Å². The molecule has 144 valence electrons. The normalized spacial score (nSPS) is 12.4. The Morgan fingerprint density at radius 1 is 1.08 bits per heavy atom. The molecule has 0 saturated heterocycles. The Labute approximate surface area is 158 Å². The maximum absolute atomic E-state index is 12.5. The second kappa shape index (κ2) is 10.6. The number of nitrogens with zero attached hydrogens (tertiary/aromatic N) is 1. The highest BCUT2D eigenvalue weighted by Crippen LogP contribution is 2.31. The van der Waals surface area contributed by atoms with Gasteiger partial charge < -0.3 is 15.4 Å². The number of guanidine groups is 1. The zero-order valence-corrected chi connectivity index (χ0v) is 15.5. The fourth-order valence-electron chi connectivity index (χ4n) is 1.64. The summed E-state index contributed by atoms with van der Waals surface area (Å²) in [6.45, 7) is -0.166. The molecule has 2 N–H and O–H groups in total. The Hall–Kier alpha value is -1.40. The Kier molecular flexibility index (Phi) is 9.97. The average Bonchev–Trinajstić information content (AvgIpc) is 2.48. The molecule has 1 rings (SSSR count). The van der Waals surface area contributed by atoms with Gasteiger partial charge in [0.25, 0.3) is 0 Å². The molecule has 0 radical (unpaired) electrons. The third-order valence-electron chi connectivity index (χ3n) is 2.75. The summed E-state index contributed by atoms with van der Waals surface area (Å²) in [7, 11) is 1.39. The molecule has 0 aliphatic heterocycles. The van der Waals surface area contributed by atoms with Crippen molar-refractivity contribution in [3.8, 4) is 5.75 Å². The average molecular weight is 485 g/mol. The van der Waals surface area contributed by atoms with Crippen LogP contribution in [0, 0.1) is 0 Å². The second-order valence-corrected chi connectivity index (χ2v) is 4.66. The van der Waals surface area contributed by atoms with Crippen molar-refractivity contribution in [3.63, 3.8) is 0 Å². The van der Waals surface area contributed by atoms with Crippen molar-refractivity contribution in [2.75, 3.05) is 26.7 Å². The minimum atomic E-state index is -4.46. The van der Waals surface area contributed by atoms with Crippen LogP contribution in [0.2, 0.25) is 0 Å². The van der Waals surface area contributed by atoms with Gasteiger partial charge in [0.15, 0.2) is 5.96 Å². The molecule has 1 aromatic carbocycles. The van der Waals surface area contributed by atoms with E-state index in [0.29, 0.717) is 0 Å². The van der Waals surface area contributed by atoms with E-state index in [1.807, 2.05) is 0 Å². The molecule has 25 heavy (non-hydrogen) atoms. The van der Waals surface area contributed by atoms with Gasteiger partial charge in [0, 0.05) is 13.6 Å². The SMILES string of the molecule is CN=C(NCCOc1cccc(C(F)(F)F)c1)NCCC(F)(F)F.I. The molecule has 0 heterocycles. The highest BCUT2D eigenvalue weighted by atomic mass is 127. The number of rotatable bonds is 6. The maximum Gasteiger partial charge on any atom is 0.416 e. The molecule has 0 aliphatic carbocycles. The summed E-state index contributed by atoms with van der Waals surface area (Å²) in [6, 6.07) is 4.41. The lowest BCUT2D eigenvalue weighted by Gasteiger charge is -2.14. The van der Waals surface area contributed by atoms with Crippen LogP contribution in [-0.2, 0) is 6.18 Å². The fraction of sp³-hybridized carbons (Fsp3) is 0.500. The lowest BCUT2D eigenvalue weighted by atomic mass is 10.2. The first-order valence-electron chi connectivity index (χ1n) is 6.93. The first-order chi connectivity index (χ1) is 11.1. The van der Waals surface area contributed by atoms with Crippen LogP contribution in [0.15, 0.2) is 29.3 Å². The Morgan fingerprint density at radius 2 is 1.72 bits per heavy atom. The van der Waals surface area contributed by atoms with Crippen molar-refractivity contribution in [2.45, 2.75) is 18.8 Å². The van der Waals surface area contributed by atoms with Crippen LogP contribution in [0.25, 0.3) is 0 Å². The van der Waals surface area contributed by atoms with E-state index in [9.17, 15) is 26.3 Å². The Morgan fingerprint density at radius 3 is 2.28 bits per heavy atom. The van der Waals surface area contributed by atoms with Gasteiger partial charge >= 0.3 is 12.4 Å². The van der Waals surface area contributed by atoms with Crippen molar-refractivity contribution in [2.24, 2.45) is 4.99 Å². The van der Waals surface area contributed by atoms with Gasteiger partial charge in [0.05, 0.1) is 18.5 Å². The summed E-state index contributed by atoms with van der Waals surface area (Å²) in [6.07, 6.45) is -9.73. The molecular formula is C14H18F6IN3O. The van der Waals surface area contributed by atoms with Gasteiger partial charge in [-0.2, -0.15) is 26.3 Å². The summed E-state index contributed by atoms with van der Waals surface area (Å²) >= 11 is 0. The molecule has 0 fully saturated rings. The van der Waals surface area contributed by atoms with Gasteiger partial charge in [0.2, 0.25) is 0 Å². The van der Waals surface area contributed by atoms with E-state index >= 15 is 0 Å². The second-order valence-electron chi connectivity index (χ2n) is 4.66. The van der Waals surface area contributed by atoms with Crippen LogP contribution in [0.5, 0.6) is 5.75 Å². The van der Waals surface area contributed by atoms with E-state index in [2.05, 4.69) is 15.6 Å². The lowest BCUT2D eigenvalue weighted by molar-refractivity contribution is -0.137. The number of nitrogens with one attached hydrogen (secondary N) is 2. The van der Waals surface area contributed by atoms with Gasteiger partial charge in [-0.1, -0.05) is 6.07 Å². The van der Waals surface area contributed by atoms with Crippen molar-refractivity contribution in [1.29, 1.82) is 0 Å². The number of benzene rings is 1. The molecule has 0 aliphatic rings. The summed E-state index contributed by atoms with van der Waals surface area (Å²) in [5.74, 6) is 0.193. The number of hydrogen-bond donors (Lipinski definition) is 2. The summed E-state index contributed by atoms with van der Waals surface area (Å²) in [5, 5.41) is 5.16. The summed E-state index contributed by atoms with van der Waals surface area (Å²) in [5.41, 5.74) is -0.822. The predicted molar refractivity (Wildman–Crippen MR) is 92.4 cm³/mol. The van der Waals surface area contributed by atoms with Gasteiger partial charge in [-0.25, -0.2) is 0 Å². The van der Waals surface area contributed by atoms with Crippen molar-refractivity contribution >= 4 is 29.9 Å². The summed E-state index contributed by atoms with van der Waals surface area (Å²) < 4.78 is 78.8. The van der Waals surface area contributed by atoms with Crippen LogP contribution < -0.4 is 15.4 Å². The van der Waals surface area contributed by atoms with Crippen molar-refractivity contribution in [1.82, 2.24) is 10.6 Å². The van der Waals surface area contributed by atoms with Gasteiger partial charge in [-0.3, -0.25) is 4.99 Å². The number of alkyl halides is 6. The molecule has 4 nitrogen and oxygen atoms in total. The van der Waals surface area contributed by atoms with Gasteiger partial charge in [-0.15, -0.1) is 24.0 Å². The van der Waals surface area contributed by atoms with E-state index < -0.39 is 24.3 Å². The van der Waals surface area contributed by atoms with Crippen LogP contribution in [0.4, 0.5) is 26.3 Å². The smallest absolute Gasteiger partial charge is 0.416 e. The van der Waals surface area contributed by atoms with E-state index in [4.69, 9.17) is 4.74 Å². The molecule has 0 unspecified atom stereocenters. The fourth-order valence-corrected chi connectivity index (χ4v) is 1.64. The lowest BCUT2D eigenvalue weighted by Crippen LogP contribution is -2.40. The minimum absolute atomic E-state index is 0. The standard InChI is InChI=1S/C14H17F6N3O.HI/c1-21-12(22-6-5-13(15,16)17)23-7-8-24-11-4-2-3-10(9-11)14(18,19)20;/h2-4,9H,5-8H2,1H3,(H2,21,22,23);1H. The summed E-state index contributed by atoms with van der Waals surface area (Å²) in [4.78, 5) is 3.72. The number of ether oxygens (including phenoxy) is 1.